The van der Waals surface area contributed by atoms with Crippen molar-refractivity contribution in [2.24, 2.45) is 0 Å². The highest BCUT2D eigenvalue weighted by molar-refractivity contribution is 6.37. The summed E-state index contributed by atoms with van der Waals surface area (Å²) in [6, 6.07) is 5.38. The maximum atomic E-state index is 6.12. The first-order valence-corrected chi connectivity index (χ1v) is 4.58. The highest BCUT2D eigenvalue weighted by Crippen LogP contribution is 2.31. The topological polar surface area (TPSA) is 64.9 Å². The lowest BCUT2D eigenvalue weighted by Gasteiger charge is -2.06. The fourth-order valence-electron chi connectivity index (χ4n) is 1.44. The molecule has 0 spiro atoms. The minimum absolute atomic E-state index is 0.412. The molecule has 0 radical (unpaired) electrons. The van der Waals surface area contributed by atoms with Crippen LogP contribution in [0.2, 0.25) is 5.02 Å². The Kier molecular flexibility index (Phi) is 1.97. The van der Waals surface area contributed by atoms with Gasteiger partial charge >= 0.3 is 0 Å². The van der Waals surface area contributed by atoms with Crippen molar-refractivity contribution < 1.29 is 0 Å². The Labute approximate surface area is 86.7 Å². The van der Waals surface area contributed by atoms with Crippen LogP contribution >= 0.6 is 11.6 Å². The molecule has 2 rings (SSSR count). The number of aryl methyl sites for hydroxylation is 1. The number of hydrogen-bond acceptors (Lipinski definition) is 3. The second-order valence-corrected chi connectivity index (χ2v) is 3.60. The summed E-state index contributed by atoms with van der Waals surface area (Å²) in [7, 11) is 0. The molecule has 0 aliphatic carbocycles. The van der Waals surface area contributed by atoms with Gasteiger partial charge in [0.2, 0.25) is 0 Å². The number of pyridine rings is 1. The molecule has 14 heavy (non-hydrogen) atoms. The van der Waals surface area contributed by atoms with Crippen molar-refractivity contribution in [1.29, 1.82) is 0 Å². The first kappa shape index (κ1) is 9.09. The number of rotatable bonds is 0. The van der Waals surface area contributed by atoms with E-state index in [1.165, 1.54) is 0 Å². The number of hydrogen-bond donors (Lipinski definition) is 2. The summed E-state index contributed by atoms with van der Waals surface area (Å²) in [6.45, 7) is 1.93. The van der Waals surface area contributed by atoms with Gasteiger partial charge in [-0.2, -0.15) is 0 Å². The molecule has 3 nitrogen and oxygen atoms in total. The van der Waals surface area contributed by atoms with Gasteiger partial charge < -0.3 is 11.5 Å². The molecule has 1 heterocycles. The molecule has 72 valence electrons. The van der Waals surface area contributed by atoms with Crippen LogP contribution in [0.15, 0.2) is 18.2 Å². The first-order chi connectivity index (χ1) is 6.59. The zero-order chi connectivity index (χ0) is 10.3. The minimum Gasteiger partial charge on any atom is -0.398 e. The minimum atomic E-state index is 0.412. The third-order valence-corrected chi connectivity index (χ3v) is 2.64. The van der Waals surface area contributed by atoms with Crippen molar-refractivity contribution in [2.75, 3.05) is 11.5 Å². The van der Waals surface area contributed by atoms with Crippen molar-refractivity contribution >= 4 is 34.0 Å². The molecule has 0 aliphatic rings. The van der Waals surface area contributed by atoms with E-state index in [2.05, 4.69) is 4.98 Å². The quantitative estimate of drug-likeness (QED) is 0.697. The van der Waals surface area contributed by atoms with Crippen LogP contribution in [-0.2, 0) is 0 Å². The largest absolute Gasteiger partial charge is 0.398 e. The Balaban J connectivity index is 2.95. The van der Waals surface area contributed by atoms with Gasteiger partial charge in [0.15, 0.2) is 0 Å². The third-order valence-electron chi connectivity index (χ3n) is 2.15. The van der Waals surface area contributed by atoms with E-state index < -0.39 is 0 Å². The summed E-state index contributed by atoms with van der Waals surface area (Å²) in [5, 5.41) is 1.42. The molecular formula is C10H10ClN3. The van der Waals surface area contributed by atoms with E-state index in [4.69, 9.17) is 23.1 Å². The SMILES string of the molecule is Cc1ccc2nc(N)cc(N)c2c1Cl. The Hall–Kier alpha value is -1.48. The van der Waals surface area contributed by atoms with Crippen LogP contribution in [-0.4, -0.2) is 4.98 Å². The molecule has 0 amide bonds. The Bertz CT molecular complexity index is 508. The van der Waals surface area contributed by atoms with Gasteiger partial charge in [-0.15, -0.1) is 0 Å². The van der Waals surface area contributed by atoms with Gasteiger partial charge in [-0.3, -0.25) is 0 Å². The molecule has 0 saturated heterocycles. The van der Waals surface area contributed by atoms with Gasteiger partial charge in [0.25, 0.3) is 0 Å². The molecule has 1 aromatic heterocycles. The molecule has 1 aromatic carbocycles. The summed E-state index contributed by atoms with van der Waals surface area (Å²) in [5.74, 6) is 0.412. The maximum absolute atomic E-state index is 6.12. The van der Waals surface area contributed by atoms with E-state index in [0.29, 0.717) is 16.5 Å². The maximum Gasteiger partial charge on any atom is 0.126 e. The lowest BCUT2D eigenvalue weighted by molar-refractivity contribution is 1.40. The standard InChI is InChI=1S/C10H10ClN3/c1-5-2-3-7-9(10(5)11)6(12)4-8(13)14-7/h2-4H,1H3,(H4,12,13,14). The van der Waals surface area contributed by atoms with Gasteiger partial charge in [-0.05, 0) is 18.6 Å². The van der Waals surface area contributed by atoms with Crippen LogP contribution in [0.1, 0.15) is 5.56 Å². The molecule has 0 fully saturated rings. The lowest BCUT2D eigenvalue weighted by atomic mass is 10.1. The highest BCUT2D eigenvalue weighted by atomic mass is 35.5. The van der Waals surface area contributed by atoms with E-state index in [1.807, 2.05) is 19.1 Å². The van der Waals surface area contributed by atoms with Crippen LogP contribution in [0.4, 0.5) is 11.5 Å². The highest BCUT2D eigenvalue weighted by Gasteiger charge is 2.07. The number of nitrogens with two attached hydrogens (primary N) is 2. The smallest absolute Gasteiger partial charge is 0.126 e. The molecule has 2 aromatic rings. The van der Waals surface area contributed by atoms with Crippen molar-refractivity contribution in [1.82, 2.24) is 4.98 Å². The molecule has 0 aliphatic heterocycles. The van der Waals surface area contributed by atoms with Crippen molar-refractivity contribution in [3.05, 3.63) is 28.8 Å². The van der Waals surface area contributed by atoms with Crippen LogP contribution in [0, 0.1) is 6.92 Å². The van der Waals surface area contributed by atoms with E-state index in [9.17, 15) is 0 Å². The molecule has 0 atom stereocenters. The Morgan fingerprint density at radius 3 is 2.71 bits per heavy atom. The number of nitrogen functional groups attached to an aromatic ring is 2. The molecule has 4 N–H and O–H groups in total. The van der Waals surface area contributed by atoms with E-state index in [0.717, 1.165) is 16.5 Å². The molecule has 0 unspecified atom stereocenters. The summed E-state index contributed by atoms with van der Waals surface area (Å²) in [6.07, 6.45) is 0. The van der Waals surface area contributed by atoms with Crippen LogP contribution in [0.25, 0.3) is 10.9 Å². The molecular weight excluding hydrogens is 198 g/mol. The van der Waals surface area contributed by atoms with E-state index in [-0.39, 0.29) is 0 Å². The summed E-state index contributed by atoms with van der Waals surface area (Å²) in [4.78, 5) is 4.15. The van der Waals surface area contributed by atoms with Gasteiger partial charge in [0.05, 0.1) is 10.5 Å². The normalized spacial score (nSPS) is 10.7. The molecule has 0 saturated carbocycles. The number of aromatic nitrogens is 1. The zero-order valence-electron chi connectivity index (χ0n) is 7.71. The van der Waals surface area contributed by atoms with Gasteiger partial charge in [-0.25, -0.2) is 4.98 Å². The van der Waals surface area contributed by atoms with Gasteiger partial charge in [-0.1, -0.05) is 17.7 Å². The van der Waals surface area contributed by atoms with Crippen LogP contribution < -0.4 is 11.5 Å². The second kappa shape index (κ2) is 3.03. The summed E-state index contributed by atoms with van der Waals surface area (Å²) >= 11 is 6.12. The third kappa shape index (κ3) is 1.26. The van der Waals surface area contributed by atoms with E-state index >= 15 is 0 Å². The first-order valence-electron chi connectivity index (χ1n) is 4.20. The fraction of sp³-hybridized carbons (Fsp3) is 0.100. The van der Waals surface area contributed by atoms with Gasteiger partial charge in [0.1, 0.15) is 5.82 Å². The van der Waals surface area contributed by atoms with Crippen molar-refractivity contribution in [3.63, 3.8) is 0 Å². The predicted molar refractivity (Wildman–Crippen MR) is 60.3 cm³/mol. The van der Waals surface area contributed by atoms with E-state index in [1.54, 1.807) is 6.07 Å². The summed E-state index contributed by atoms with van der Waals surface area (Å²) < 4.78 is 0. The molecule has 0 bridgehead atoms. The number of anilines is 2. The number of fused-ring (bicyclic) bond motifs is 1. The summed E-state index contributed by atoms with van der Waals surface area (Å²) in [5.41, 5.74) is 13.7. The van der Waals surface area contributed by atoms with Gasteiger partial charge in [0, 0.05) is 17.1 Å². The Morgan fingerprint density at radius 1 is 1.29 bits per heavy atom. The molecule has 4 heteroatoms. The van der Waals surface area contributed by atoms with Crippen LogP contribution in [0.3, 0.4) is 0 Å². The Morgan fingerprint density at radius 2 is 2.00 bits per heavy atom. The van der Waals surface area contributed by atoms with Crippen molar-refractivity contribution in [3.8, 4) is 0 Å². The monoisotopic (exact) mass is 207 g/mol. The predicted octanol–water partition coefficient (Wildman–Crippen LogP) is 2.36. The van der Waals surface area contributed by atoms with Crippen molar-refractivity contribution in [2.45, 2.75) is 6.92 Å². The average Bonchev–Trinajstić information content (AvgIpc) is 2.10. The zero-order valence-corrected chi connectivity index (χ0v) is 8.47. The number of benzene rings is 1. The average molecular weight is 208 g/mol. The lowest BCUT2D eigenvalue weighted by Crippen LogP contribution is -1.96. The fourth-order valence-corrected chi connectivity index (χ4v) is 1.71. The van der Waals surface area contributed by atoms with Crippen LogP contribution in [0.5, 0.6) is 0 Å². The second-order valence-electron chi connectivity index (χ2n) is 3.23. The number of halogens is 1. The number of nitrogens with zero attached hydrogens (tertiary/aromatic N) is 1.